The maximum atomic E-state index is 5.25. The molecule has 19 heavy (non-hydrogen) atoms. The fraction of sp³-hybridized carbons (Fsp3) is 0.200. The lowest BCUT2D eigenvalue weighted by atomic mass is 9.99. The van der Waals surface area contributed by atoms with Crippen molar-refractivity contribution in [1.82, 2.24) is 10.1 Å². The molecular weight excluding hydrogens is 240 g/mol. The van der Waals surface area contributed by atoms with Crippen LogP contribution in [0.5, 0.6) is 5.88 Å². The molecule has 0 N–H and O–H groups in total. The highest BCUT2D eigenvalue weighted by Gasteiger charge is 2.14. The van der Waals surface area contributed by atoms with Crippen molar-refractivity contribution in [3.8, 4) is 17.0 Å². The molecule has 0 fully saturated rings. The molecule has 0 saturated carbocycles. The van der Waals surface area contributed by atoms with Crippen LogP contribution in [0, 0.1) is 13.8 Å². The first-order valence-electron chi connectivity index (χ1n) is 6.07. The average molecular weight is 254 g/mol. The average Bonchev–Trinajstić information content (AvgIpc) is 2.77. The molecule has 0 aliphatic carbocycles. The number of aromatic nitrogens is 2. The summed E-state index contributed by atoms with van der Waals surface area (Å²) in [7, 11) is 1.62. The van der Waals surface area contributed by atoms with Gasteiger partial charge in [0.2, 0.25) is 5.88 Å². The van der Waals surface area contributed by atoms with E-state index in [1.807, 2.05) is 38.1 Å². The van der Waals surface area contributed by atoms with Crippen molar-refractivity contribution in [2.75, 3.05) is 7.11 Å². The van der Waals surface area contributed by atoms with E-state index in [0.29, 0.717) is 5.88 Å². The highest BCUT2D eigenvalue weighted by Crippen LogP contribution is 2.33. The minimum atomic E-state index is 0.614. The molecule has 3 rings (SSSR count). The number of benzene rings is 1. The predicted octanol–water partition coefficient (Wildman–Crippen LogP) is 3.52. The summed E-state index contributed by atoms with van der Waals surface area (Å²) in [6.45, 7) is 3.87. The Morgan fingerprint density at radius 3 is 2.63 bits per heavy atom. The van der Waals surface area contributed by atoms with E-state index in [2.05, 4.69) is 16.2 Å². The van der Waals surface area contributed by atoms with E-state index in [0.717, 1.165) is 33.5 Å². The number of fused-ring (bicyclic) bond motifs is 1. The second-order valence-corrected chi connectivity index (χ2v) is 4.43. The summed E-state index contributed by atoms with van der Waals surface area (Å²) in [6.07, 6.45) is 0. The summed E-state index contributed by atoms with van der Waals surface area (Å²) in [5, 5.41) is 5.08. The Labute approximate surface area is 111 Å². The van der Waals surface area contributed by atoms with E-state index in [1.165, 1.54) is 0 Å². The van der Waals surface area contributed by atoms with Crippen LogP contribution in [0.3, 0.4) is 0 Å². The van der Waals surface area contributed by atoms with Crippen molar-refractivity contribution < 1.29 is 9.26 Å². The first kappa shape index (κ1) is 11.7. The fourth-order valence-electron chi connectivity index (χ4n) is 2.34. The quantitative estimate of drug-likeness (QED) is 0.702. The third kappa shape index (κ3) is 1.85. The minimum Gasteiger partial charge on any atom is -0.481 e. The minimum absolute atomic E-state index is 0.614. The first-order valence-corrected chi connectivity index (χ1v) is 6.07. The largest absolute Gasteiger partial charge is 0.481 e. The lowest BCUT2D eigenvalue weighted by Crippen LogP contribution is -1.90. The molecule has 96 valence electrons. The van der Waals surface area contributed by atoms with Crippen LogP contribution in [0.2, 0.25) is 0 Å². The Morgan fingerprint density at radius 2 is 1.95 bits per heavy atom. The Hall–Kier alpha value is -2.36. The van der Waals surface area contributed by atoms with E-state index >= 15 is 0 Å². The summed E-state index contributed by atoms with van der Waals surface area (Å²) >= 11 is 0. The molecule has 0 aliphatic rings. The molecular formula is C15H14N2O2. The lowest BCUT2D eigenvalue weighted by Gasteiger charge is -2.07. The molecule has 0 saturated heterocycles. The molecule has 0 aliphatic heterocycles. The molecule has 2 aromatic heterocycles. The maximum absolute atomic E-state index is 5.25. The Bertz CT molecular complexity index is 727. The zero-order valence-corrected chi connectivity index (χ0v) is 11.1. The number of hydrogen-bond donors (Lipinski definition) is 0. The van der Waals surface area contributed by atoms with Crippen LogP contribution in [0.15, 0.2) is 34.9 Å². The van der Waals surface area contributed by atoms with Crippen molar-refractivity contribution in [2.24, 2.45) is 0 Å². The van der Waals surface area contributed by atoms with Crippen LogP contribution in [-0.2, 0) is 0 Å². The molecule has 0 amide bonds. The first-order chi connectivity index (χ1) is 9.20. The van der Waals surface area contributed by atoms with Gasteiger partial charge in [0.25, 0.3) is 0 Å². The van der Waals surface area contributed by atoms with Gasteiger partial charge >= 0.3 is 0 Å². The highest BCUT2D eigenvalue weighted by atomic mass is 16.5. The third-order valence-corrected chi connectivity index (χ3v) is 3.22. The molecule has 0 bridgehead atoms. The van der Waals surface area contributed by atoms with Crippen molar-refractivity contribution >= 4 is 10.9 Å². The maximum Gasteiger partial charge on any atom is 0.213 e. The van der Waals surface area contributed by atoms with Crippen LogP contribution < -0.4 is 4.74 Å². The van der Waals surface area contributed by atoms with Gasteiger partial charge in [0.1, 0.15) is 5.76 Å². The van der Waals surface area contributed by atoms with E-state index in [-0.39, 0.29) is 0 Å². The summed E-state index contributed by atoms with van der Waals surface area (Å²) in [5.74, 6) is 1.43. The molecule has 3 aromatic rings. The molecule has 0 unspecified atom stereocenters. The summed E-state index contributed by atoms with van der Waals surface area (Å²) in [4.78, 5) is 4.45. The monoisotopic (exact) mass is 254 g/mol. The molecule has 4 heteroatoms. The van der Waals surface area contributed by atoms with E-state index in [9.17, 15) is 0 Å². The standard InChI is InChI=1S/C15H14N2O2/c1-9-15(10(2)19-17-9)12-5-4-6-13-11(12)7-8-14(16-13)18-3/h4-8H,1-3H3. The van der Waals surface area contributed by atoms with Gasteiger partial charge in [0, 0.05) is 17.0 Å². The molecule has 0 atom stereocenters. The number of hydrogen-bond acceptors (Lipinski definition) is 4. The van der Waals surface area contributed by atoms with E-state index in [4.69, 9.17) is 9.26 Å². The number of rotatable bonds is 2. The molecule has 2 heterocycles. The van der Waals surface area contributed by atoms with Gasteiger partial charge in [-0.1, -0.05) is 17.3 Å². The van der Waals surface area contributed by atoms with E-state index < -0.39 is 0 Å². The normalized spacial score (nSPS) is 10.9. The fourth-order valence-corrected chi connectivity index (χ4v) is 2.34. The summed E-state index contributed by atoms with van der Waals surface area (Å²) in [6, 6.07) is 9.89. The molecule has 4 nitrogen and oxygen atoms in total. The highest BCUT2D eigenvalue weighted by molar-refractivity contribution is 5.95. The Morgan fingerprint density at radius 1 is 1.11 bits per heavy atom. The second kappa shape index (κ2) is 4.39. The smallest absolute Gasteiger partial charge is 0.213 e. The zero-order valence-electron chi connectivity index (χ0n) is 11.1. The van der Waals surface area contributed by atoms with Crippen molar-refractivity contribution in [3.63, 3.8) is 0 Å². The van der Waals surface area contributed by atoms with Crippen LogP contribution in [-0.4, -0.2) is 17.3 Å². The van der Waals surface area contributed by atoms with Gasteiger partial charge in [-0.05, 0) is 31.5 Å². The molecule has 0 radical (unpaired) electrons. The Balaban J connectivity index is 2.31. The number of methoxy groups -OCH3 is 1. The van der Waals surface area contributed by atoms with Crippen LogP contribution in [0.4, 0.5) is 0 Å². The van der Waals surface area contributed by atoms with Crippen molar-refractivity contribution in [3.05, 3.63) is 41.8 Å². The number of ether oxygens (including phenoxy) is 1. The van der Waals surface area contributed by atoms with Gasteiger partial charge in [-0.3, -0.25) is 0 Å². The second-order valence-electron chi connectivity index (χ2n) is 4.43. The summed E-state index contributed by atoms with van der Waals surface area (Å²) in [5.41, 5.74) is 3.92. The van der Waals surface area contributed by atoms with Gasteiger partial charge in [-0.25, -0.2) is 4.98 Å². The number of aryl methyl sites for hydroxylation is 2. The van der Waals surface area contributed by atoms with Gasteiger partial charge in [0.05, 0.1) is 18.3 Å². The van der Waals surface area contributed by atoms with Gasteiger partial charge in [-0.2, -0.15) is 0 Å². The van der Waals surface area contributed by atoms with Crippen molar-refractivity contribution in [2.45, 2.75) is 13.8 Å². The predicted molar refractivity (Wildman–Crippen MR) is 73.3 cm³/mol. The third-order valence-electron chi connectivity index (χ3n) is 3.22. The molecule has 0 spiro atoms. The lowest BCUT2D eigenvalue weighted by molar-refractivity contribution is 0.393. The zero-order chi connectivity index (χ0) is 13.4. The van der Waals surface area contributed by atoms with Gasteiger partial charge in [-0.15, -0.1) is 0 Å². The number of nitrogens with zero attached hydrogens (tertiary/aromatic N) is 2. The topological polar surface area (TPSA) is 48.2 Å². The Kier molecular flexibility index (Phi) is 2.71. The SMILES string of the molecule is COc1ccc2c(-c3c(C)noc3C)cccc2n1. The number of pyridine rings is 1. The molecule has 1 aromatic carbocycles. The van der Waals surface area contributed by atoms with Crippen LogP contribution in [0.1, 0.15) is 11.5 Å². The van der Waals surface area contributed by atoms with Crippen LogP contribution in [0.25, 0.3) is 22.0 Å². The summed E-state index contributed by atoms with van der Waals surface area (Å²) < 4.78 is 10.4. The van der Waals surface area contributed by atoms with Crippen LogP contribution >= 0.6 is 0 Å². The van der Waals surface area contributed by atoms with Crippen molar-refractivity contribution in [1.29, 1.82) is 0 Å². The van der Waals surface area contributed by atoms with Gasteiger partial charge < -0.3 is 9.26 Å². The van der Waals surface area contributed by atoms with Gasteiger partial charge in [0.15, 0.2) is 0 Å². The van der Waals surface area contributed by atoms with E-state index in [1.54, 1.807) is 7.11 Å².